The molecule has 30 heavy (non-hydrogen) atoms. The number of benzene rings is 1. The molecule has 1 aromatic heterocycles. The van der Waals surface area contributed by atoms with E-state index in [1.165, 1.54) is 0 Å². The fourth-order valence-corrected chi connectivity index (χ4v) is 4.62. The third-order valence-corrected chi connectivity index (χ3v) is 6.66. The predicted octanol–water partition coefficient (Wildman–Crippen LogP) is 4.44. The Hall–Kier alpha value is -1.96. The average Bonchev–Trinajstić information content (AvgIpc) is 3.14. The maximum absolute atomic E-state index is 12.7. The number of nitrogens with zero attached hydrogens (tertiary/aromatic N) is 3. The Morgan fingerprint density at radius 2 is 1.97 bits per heavy atom. The molecule has 1 saturated heterocycles. The molecule has 0 radical (unpaired) electrons. The molecule has 2 amide bonds. The molecular weight excluding hydrogens is 420 g/mol. The molecule has 8 heteroatoms. The fraction of sp³-hybridized carbons (Fsp3) is 0.500. The average molecular weight is 449 g/mol. The Bertz CT molecular complexity index is 889. The number of hydrogen-bond acceptors (Lipinski definition) is 5. The fourth-order valence-electron chi connectivity index (χ4n) is 3.76. The molecular formula is C22H29ClN4O2S. The summed E-state index contributed by atoms with van der Waals surface area (Å²) >= 11 is 8.01. The molecule has 0 atom stereocenters. The van der Waals surface area contributed by atoms with Gasteiger partial charge >= 0.3 is 0 Å². The van der Waals surface area contributed by atoms with E-state index in [4.69, 9.17) is 11.6 Å². The number of anilines is 1. The van der Waals surface area contributed by atoms with Crippen molar-refractivity contribution >= 4 is 40.4 Å². The summed E-state index contributed by atoms with van der Waals surface area (Å²) in [5, 5.41) is 6.52. The number of thiazole rings is 1. The topological polar surface area (TPSA) is 65.5 Å². The molecule has 0 spiro atoms. The van der Waals surface area contributed by atoms with E-state index in [0.29, 0.717) is 29.4 Å². The van der Waals surface area contributed by atoms with Crippen molar-refractivity contribution in [1.29, 1.82) is 0 Å². The number of halogens is 1. The summed E-state index contributed by atoms with van der Waals surface area (Å²) in [7, 11) is 0. The molecule has 0 bridgehead atoms. The molecule has 0 aliphatic carbocycles. The molecule has 0 saturated carbocycles. The second-order valence-corrected chi connectivity index (χ2v) is 9.04. The quantitative estimate of drug-likeness (QED) is 0.680. The summed E-state index contributed by atoms with van der Waals surface area (Å²) in [5.41, 5.74) is 2.19. The Morgan fingerprint density at radius 3 is 2.53 bits per heavy atom. The zero-order valence-electron chi connectivity index (χ0n) is 17.8. The van der Waals surface area contributed by atoms with Crippen LogP contribution >= 0.6 is 22.9 Å². The number of carbonyl (C=O) groups is 2. The van der Waals surface area contributed by atoms with Crippen LogP contribution in [0.4, 0.5) is 5.69 Å². The van der Waals surface area contributed by atoms with Crippen molar-refractivity contribution in [2.75, 3.05) is 31.5 Å². The van der Waals surface area contributed by atoms with Crippen LogP contribution in [0.3, 0.4) is 0 Å². The van der Waals surface area contributed by atoms with E-state index in [1.54, 1.807) is 34.4 Å². The Kier molecular flexibility index (Phi) is 7.86. The van der Waals surface area contributed by atoms with Gasteiger partial charge in [-0.05, 0) is 64.9 Å². The number of nitrogens with one attached hydrogen (secondary N) is 1. The highest BCUT2D eigenvalue weighted by atomic mass is 35.5. The lowest BCUT2D eigenvalue weighted by Gasteiger charge is -2.30. The molecule has 3 rings (SSSR count). The lowest BCUT2D eigenvalue weighted by molar-refractivity contribution is -0.121. The van der Waals surface area contributed by atoms with Gasteiger partial charge in [0, 0.05) is 36.6 Å². The SMILES string of the molecule is CCN(CC)C(=O)c1ccc(NC(=O)C2CCN(Cc3csc(C)n3)CC2)cc1Cl. The minimum atomic E-state index is -0.0921. The van der Waals surface area contributed by atoms with E-state index in [1.807, 2.05) is 20.8 Å². The number of hydrogen-bond donors (Lipinski definition) is 1. The number of amides is 2. The van der Waals surface area contributed by atoms with Gasteiger partial charge < -0.3 is 10.2 Å². The van der Waals surface area contributed by atoms with Crippen molar-refractivity contribution in [3.8, 4) is 0 Å². The summed E-state index contributed by atoms with van der Waals surface area (Å²) in [6.45, 7) is 9.76. The number of aromatic nitrogens is 1. The van der Waals surface area contributed by atoms with Crippen molar-refractivity contribution < 1.29 is 9.59 Å². The largest absolute Gasteiger partial charge is 0.339 e. The van der Waals surface area contributed by atoms with Crippen LogP contribution < -0.4 is 5.32 Å². The number of carbonyl (C=O) groups excluding carboxylic acids is 2. The highest BCUT2D eigenvalue weighted by Crippen LogP contribution is 2.25. The zero-order chi connectivity index (χ0) is 21.7. The van der Waals surface area contributed by atoms with E-state index in [9.17, 15) is 9.59 Å². The van der Waals surface area contributed by atoms with Gasteiger partial charge in [0.1, 0.15) is 0 Å². The molecule has 1 N–H and O–H groups in total. The van der Waals surface area contributed by atoms with Gasteiger partial charge in [0.25, 0.3) is 5.91 Å². The molecule has 1 fully saturated rings. The third-order valence-electron chi connectivity index (χ3n) is 5.53. The second kappa shape index (κ2) is 10.4. The molecule has 2 heterocycles. The first-order chi connectivity index (χ1) is 14.4. The summed E-state index contributed by atoms with van der Waals surface area (Å²) < 4.78 is 0. The van der Waals surface area contributed by atoms with Gasteiger partial charge in [-0.15, -0.1) is 11.3 Å². The van der Waals surface area contributed by atoms with E-state index >= 15 is 0 Å². The number of likely N-dealkylation sites (tertiary alicyclic amines) is 1. The van der Waals surface area contributed by atoms with Gasteiger partial charge in [-0.2, -0.15) is 0 Å². The minimum absolute atomic E-state index is 0.0121. The van der Waals surface area contributed by atoms with Gasteiger partial charge in [-0.25, -0.2) is 4.98 Å². The molecule has 1 aliphatic heterocycles. The lowest BCUT2D eigenvalue weighted by Crippen LogP contribution is -2.37. The van der Waals surface area contributed by atoms with Crippen molar-refractivity contribution in [3.05, 3.63) is 44.9 Å². The van der Waals surface area contributed by atoms with Gasteiger partial charge in [-0.3, -0.25) is 14.5 Å². The Balaban J connectivity index is 1.53. The van der Waals surface area contributed by atoms with E-state index < -0.39 is 0 Å². The van der Waals surface area contributed by atoms with Gasteiger partial charge in [0.05, 0.1) is 21.3 Å². The van der Waals surface area contributed by atoms with Crippen LogP contribution in [0.15, 0.2) is 23.6 Å². The monoisotopic (exact) mass is 448 g/mol. The number of aryl methyl sites for hydroxylation is 1. The van der Waals surface area contributed by atoms with Crippen LogP contribution in [0.25, 0.3) is 0 Å². The Labute approximate surface area is 187 Å². The standard InChI is InChI=1S/C22H29ClN4O2S/c1-4-27(5-2)22(29)19-7-6-17(12-20(19)23)25-21(28)16-8-10-26(11-9-16)13-18-14-30-15(3)24-18/h6-7,12,14,16H,4-5,8-11,13H2,1-3H3,(H,25,28). The summed E-state index contributed by atoms with van der Waals surface area (Å²) in [4.78, 5) is 33.8. The first kappa shape index (κ1) is 22.7. The third kappa shape index (κ3) is 5.59. The lowest BCUT2D eigenvalue weighted by atomic mass is 9.95. The molecule has 0 unspecified atom stereocenters. The molecule has 1 aliphatic rings. The van der Waals surface area contributed by atoms with Crippen LogP contribution in [-0.4, -0.2) is 52.8 Å². The first-order valence-corrected chi connectivity index (χ1v) is 11.7. The number of piperidine rings is 1. The van der Waals surface area contributed by atoms with Crippen molar-refractivity contribution in [2.24, 2.45) is 5.92 Å². The maximum Gasteiger partial charge on any atom is 0.255 e. The van der Waals surface area contributed by atoms with Crippen LogP contribution in [0.2, 0.25) is 5.02 Å². The summed E-state index contributed by atoms with van der Waals surface area (Å²) in [5.74, 6) is -0.0993. The molecule has 1 aromatic carbocycles. The summed E-state index contributed by atoms with van der Waals surface area (Å²) in [6.07, 6.45) is 1.64. The molecule has 6 nitrogen and oxygen atoms in total. The van der Waals surface area contributed by atoms with E-state index in [2.05, 4.69) is 20.6 Å². The predicted molar refractivity (Wildman–Crippen MR) is 122 cm³/mol. The maximum atomic E-state index is 12.7. The molecule has 2 aromatic rings. The number of rotatable bonds is 7. The first-order valence-electron chi connectivity index (χ1n) is 10.4. The van der Waals surface area contributed by atoms with E-state index in [0.717, 1.165) is 43.2 Å². The van der Waals surface area contributed by atoms with Crippen LogP contribution in [0, 0.1) is 12.8 Å². The smallest absolute Gasteiger partial charge is 0.255 e. The van der Waals surface area contributed by atoms with Gasteiger partial charge in [0.2, 0.25) is 5.91 Å². The van der Waals surface area contributed by atoms with Crippen molar-refractivity contribution in [1.82, 2.24) is 14.8 Å². The highest BCUT2D eigenvalue weighted by Gasteiger charge is 2.26. The summed E-state index contributed by atoms with van der Waals surface area (Å²) in [6, 6.07) is 5.10. The van der Waals surface area contributed by atoms with Crippen molar-refractivity contribution in [3.63, 3.8) is 0 Å². The highest BCUT2D eigenvalue weighted by molar-refractivity contribution is 7.09. The van der Waals surface area contributed by atoms with Crippen LogP contribution in [0.5, 0.6) is 0 Å². The van der Waals surface area contributed by atoms with Crippen LogP contribution in [-0.2, 0) is 11.3 Å². The Morgan fingerprint density at radius 1 is 1.27 bits per heavy atom. The minimum Gasteiger partial charge on any atom is -0.339 e. The second-order valence-electron chi connectivity index (χ2n) is 7.57. The van der Waals surface area contributed by atoms with Crippen LogP contribution in [0.1, 0.15) is 47.7 Å². The van der Waals surface area contributed by atoms with Gasteiger partial charge in [-0.1, -0.05) is 11.6 Å². The van der Waals surface area contributed by atoms with E-state index in [-0.39, 0.29) is 17.7 Å². The van der Waals surface area contributed by atoms with Gasteiger partial charge in [0.15, 0.2) is 0 Å². The zero-order valence-corrected chi connectivity index (χ0v) is 19.4. The normalized spacial score (nSPS) is 15.2. The van der Waals surface area contributed by atoms with Crippen molar-refractivity contribution in [2.45, 2.75) is 40.2 Å². The molecule has 162 valence electrons.